The van der Waals surface area contributed by atoms with Crippen LogP contribution in [0, 0.1) is 6.92 Å². The van der Waals surface area contributed by atoms with Crippen molar-refractivity contribution < 1.29 is 4.42 Å². The topological polar surface area (TPSA) is 69.6 Å². The van der Waals surface area contributed by atoms with E-state index in [0.717, 1.165) is 0 Å². The zero-order valence-electron chi connectivity index (χ0n) is 6.51. The molecule has 2 heterocycles. The molecule has 0 aliphatic carbocycles. The molecule has 0 fully saturated rings. The van der Waals surface area contributed by atoms with E-state index in [0.29, 0.717) is 18.3 Å². The molecule has 0 saturated heterocycles. The maximum Gasteiger partial charge on any atom is 0.237 e. The van der Waals surface area contributed by atoms with Gasteiger partial charge in [0, 0.05) is 6.92 Å². The Bertz CT molecular complexity index is 352. The van der Waals surface area contributed by atoms with E-state index in [4.69, 9.17) is 4.42 Å². The molecule has 2 aromatic rings. The average Bonchev–Trinajstić information content (AvgIpc) is 2.63. The third-order valence-corrected chi connectivity index (χ3v) is 1.33. The Morgan fingerprint density at radius 1 is 1.50 bits per heavy atom. The molecule has 0 atom stereocenters. The second-order valence-corrected chi connectivity index (χ2v) is 2.31. The van der Waals surface area contributed by atoms with Crippen molar-refractivity contribution in [3.8, 4) is 0 Å². The summed E-state index contributed by atoms with van der Waals surface area (Å²) in [5.41, 5.74) is 0. The van der Waals surface area contributed by atoms with Crippen molar-refractivity contribution in [1.29, 1.82) is 0 Å². The predicted molar refractivity (Wildman–Crippen MR) is 38.2 cm³/mol. The smallest absolute Gasteiger partial charge is 0.237 e. The van der Waals surface area contributed by atoms with Gasteiger partial charge in [-0.1, -0.05) is 0 Å². The average molecular weight is 165 g/mol. The molecule has 0 amide bonds. The van der Waals surface area contributed by atoms with Crippen LogP contribution in [0.2, 0.25) is 0 Å². The highest BCUT2D eigenvalue weighted by Gasteiger charge is 2.02. The lowest BCUT2D eigenvalue weighted by atomic mass is 10.6. The molecule has 0 unspecified atom stereocenters. The number of aromatic nitrogens is 5. The van der Waals surface area contributed by atoms with Gasteiger partial charge in [-0.05, 0) is 0 Å². The maximum absolute atomic E-state index is 5.15. The summed E-state index contributed by atoms with van der Waals surface area (Å²) < 4.78 is 6.76. The Morgan fingerprint density at radius 2 is 2.42 bits per heavy atom. The van der Waals surface area contributed by atoms with Crippen molar-refractivity contribution in [2.24, 2.45) is 0 Å². The van der Waals surface area contributed by atoms with Gasteiger partial charge in [-0.2, -0.15) is 5.10 Å². The summed E-state index contributed by atoms with van der Waals surface area (Å²) in [5, 5.41) is 11.4. The van der Waals surface area contributed by atoms with Crippen molar-refractivity contribution in [2.45, 2.75) is 13.5 Å². The van der Waals surface area contributed by atoms with E-state index in [2.05, 4.69) is 20.3 Å². The van der Waals surface area contributed by atoms with Gasteiger partial charge >= 0.3 is 0 Å². The van der Waals surface area contributed by atoms with Crippen LogP contribution in [0.15, 0.2) is 17.1 Å². The number of rotatable bonds is 2. The fourth-order valence-electron chi connectivity index (χ4n) is 0.854. The molecule has 0 spiro atoms. The Hall–Kier alpha value is -1.72. The third-order valence-electron chi connectivity index (χ3n) is 1.33. The number of hydrogen-bond acceptors (Lipinski definition) is 5. The minimum atomic E-state index is 0.473. The summed E-state index contributed by atoms with van der Waals surface area (Å²) in [7, 11) is 0. The molecule has 0 N–H and O–H groups in total. The van der Waals surface area contributed by atoms with Gasteiger partial charge in [0.25, 0.3) is 0 Å². The van der Waals surface area contributed by atoms with Gasteiger partial charge in [0.2, 0.25) is 11.8 Å². The summed E-state index contributed by atoms with van der Waals surface area (Å²) in [6, 6.07) is 0. The second kappa shape index (κ2) is 2.72. The zero-order valence-corrected chi connectivity index (χ0v) is 6.51. The first kappa shape index (κ1) is 6.96. The van der Waals surface area contributed by atoms with Crippen molar-refractivity contribution >= 4 is 0 Å². The summed E-state index contributed by atoms with van der Waals surface area (Å²) in [5.74, 6) is 1.10. The molecule has 0 aliphatic heterocycles. The normalized spacial score (nSPS) is 10.4. The van der Waals surface area contributed by atoms with Crippen LogP contribution >= 0.6 is 0 Å². The van der Waals surface area contributed by atoms with Crippen molar-refractivity contribution in [2.75, 3.05) is 0 Å². The highest BCUT2D eigenvalue weighted by atomic mass is 16.4. The molecule has 2 rings (SSSR count). The first-order valence-corrected chi connectivity index (χ1v) is 3.46. The van der Waals surface area contributed by atoms with E-state index in [1.165, 1.54) is 6.33 Å². The van der Waals surface area contributed by atoms with E-state index >= 15 is 0 Å². The number of aryl methyl sites for hydroxylation is 1. The molecule has 62 valence electrons. The van der Waals surface area contributed by atoms with Crippen molar-refractivity contribution in [3.05, 3.63) is 24.4 Å². The zero-order chi connectivity index (χ0) is 8.39. The van der Waals surface area contributed by atoms with Gasteiger partial charge in [0.15, 0.2) is 0 Å². The summed E-state index contributed by atoms with van der Waals surface area (Å²) in [4.78, 5) is 3.79. The molecular weight excluding hydrogens is 158 g/mol. The van der Waals surface area contributed by atoms with Crippen molar-refractivity contribution in [1.82, 2.24) is 25.0 Å². The first-order chi connectivity index (χ1) is 5.84. The highest BCUT2D eigenvalue weighted by Crippen LogP contribution is 1.98. The Labute approximate surface area is 68.2 Å². The third kappa shape index (κ3) is 1.31. The van der Waals surface area contributed by atoms with Crippen LogP contribution < -0.4 is 0 Å². The predicted octanol–water partition coefficient (Wildman–Crippen LogP) is 0.0178. The van der Waals surface area contributed by atoms with Gasteiger partial charge in [-0.3, -0.25) is 0 Å². The molecule has 2 aromatic heterocycles. The minimum Gasteiger partial charge on any atom is -0.424 e. The van der Waals surface area contributed by atoms with E-state index < -0.39 is 0 Å². The lowest BCUT2D eigenvalue weighted by Crippen LogP contribution is -1.99. The molecule has 0 bridgehead atoms. The molecular formula is C6H7N5O. The van der Waals surface area contributed by atoms with E-state index in [1.807, 2.05) is 0 Å². The standard InChI is InChI=1S/C6H7N5O/c1-5-9-10-6(12-5)2-11-4-7-3-8-11/h3-4H,2H2,1H3. The Morgan fingerprint density at radius 3 is 3.00 bits per heavy atom. The van der Waals surface area contributed by atoms with Gasteiger partial charge < -0.3 is 4.42 Å². The monoisotopic (exact) mass is 165 g/mol. The van der Waals surface area contributed by atoms with E-state index in [1.54, 1.807) is 17.9 Å². The van der Waals surface area contributed by atoms with Gasteiger partial charge in [0.05, 0.1) is 0 Å². The SMILES string of the molecule is Cc1nnc(Cn2cncn2)o1. The van der Waals surface area contributed by atoms with E-state index in [9.17, 15) is 0 Å². The second-order valence-electron chi connectivity index (χ2n) is 2.31. The van der Waals surface area contributed by atoms with Crippen LogP contribution in [0.3, 0.4) is 0 Å². The lowest BCUT2D eigenvalue weighted by molar-refractivity contribution is 0.444. The maximum atomic E-state index is 5.15. The summed E-state index contributed by atoms with van der Waals surface area (Å²) in [6.45, 7) is 2.22. The molecule has 12 heavy (non-hydrogen) atoms. The fraction of sp³-hybridized carbons (Fsp3) is 0.333. The van der Waals surface area contributed by atoms with Crippen molar-refractivity contribution in [3.63, 3.8) is 0 Å². The van der Waals surface area contributed by atoms with E-state index in [-0.39, 0.29) is 0 Å². The number of hydrogen-bond donors (Lipinski definition) is 0. The molecule has 0 radical (unpaired) electrons. The quantitative estimate of drug-likeness (QED) is 0.627. The van der Waals surface area contributed by atoms with Gasteiger partial charge in [0.1, 0.15) is 19.2 Å². The van der Waals surface area contributed by atoms with Crippen LogP contribution in [0.4, 0.5) is 0 Å². The summed E-state index contributed by atoms with van der Waals surface area (Å²) >= 11 is 0. The summed E-state index contributed by atoms with van der Waals surface area (Å²) in [6.07, 6.45) is 3.06. The lowest BCUT2D eigenvalue weighted by Gasteiger charge is -1.91. The number of nitrogens with zero attached hydrogens (tertiary/aromatic N) is 5. The van der Waals surface area contributed by atoms with Crippen LogP contribution in [-0.4, -0.2) is 25.0 Å². The Kier molecular flexibility index (Phi) is 1.58. The molecule has 0 saturated carbocycles. The molecule has 6 nitrogen and oxygen atoms in total. The first-order valence-electron chi connectivity index (χ1n) is 3.46. The van der Waals surface area contributed by atoms with Gasteiger partial charge in [-0.15, -0.1) is 10.2 Å². The van der Waals surface area contributed by atoms with Crippen LogP contribution in [0.1, 0.15) is 11.8 Å². The minimum absolute atomic E-state index is 0.473. The largest absolute Gasteiger partial charge is 0.424 e. The highest BCUT2D eigenvalue weighted by molar-refractivity contribution is 4.79. The van der Waals surface area contributed by atoms with Crippen LogP contribution in [0.25, 0.3) is 0 Å². The Balaban J connectivity index is 2.14. The van der Waals surface area contributed by atoms with Gasteiger partial charge in [-0.25, -0.2) is 9.67 Å². The van der Waals surface area contributed by atoms with Crippen LogP contribution in [0.5, 0.6) is 0 Å². The fourth-order valence-corrected chi connectivity index (χ4v) is 0.854. The molecule has 6 heteroatoms. The molecule has 0 aliphatic rings. The molecule has 0 aromatic carbocycles. The van der Waals surface area contributed by atoms with Crippen LogP contribution in [-0.2, 0) is 6.54 Å².